The van der Waals surface area contributed by atoms with E-state index < -0.39 is 97.5 Å². The fraction of sp³-hybridized carbons (Fsp3) is 0.955. The number of hydrogen-bond acceptors (Lipinski definition) is 15. The molecule has 0 saturated carbocycles. The van der Waals surface area contributed by atoms with Gasteiger partial charge in [0.25, 0.3) is 0 Å². The highest BCUT2D eigenvalue weighted by Crippen LogP contribution is 2.45. The van der Waals surface area contributed by atoms with Crippen LogP contribution >= 0.6 is 15.6 Å². The summed E-state index contributed by atoms with van der Waals surface area (Å²) in [4.78, 5) is 73.3. The van der Waals surface area contributed by atoms with Crippen LogP contribution in [0.5, 0.6) is 0 Å². The van der Waals surface area contributed by atoms with Crippen LogP contribution in [0.1, 0.15) is 466 Å². The van der Waals surface area contributed by atoms with Gasteiger partial charge in [0.05, 0.1) is 26.4 Å². The van der Waals surface area contributed by atoms with E-state index in [0.29, 0.717) is 25.7 Å². The number of hydrogen-bond donors (Lipinski definition) is 3. The first-order valence-electron chi connectivity index (χ1n) is 45.7. The zero-order valence-electron chi connectivity index (χ0n) is 71.5. The highest BCUT2D eigenvalue weighted by atomic mass is 31.2. The molecule has 0 aromatic rings. The molecular formula is C89H174O17P2. The third-order valence-corrected chi connectivity index (χ3v) is 23.1. The number of unbranched alkanes of at least 4 members (excludes halogenated alkanes) is 51. The minimum absolute atomic E-state index is 0.106. The summed E-state index contributed by atoms with van der Waals surface area (Å²) < 4.78 is 69.0. The van der Waals surface area contributed by atoms with Crippen molar-refractivity contribution in [2.45, 2.75) is 485 Å². The van der Waals surface area contributed by atoms with Crippen LogP contribution in [-0.4, -0.2) is 96.7 Å². The van der Waals surface area contributed by atoms with Crippen LogP contribution in [0.3, 0.4) is 0 Å². The third kappa shape index (κ3) is 80.7. The van der Waals surface area contributed by atoms with Crippen LogP contribution in [0.4, 0.5) is 0 Å². The van der Waals surface area contributed by atoms with Gasteiger partial charge in [-0.25, -0.2) is 9.13 Å². The number of aliphatic hydroxyl groups excluding tert-OH is 1. The highest BCUT2D eigenvalue weighted by Gasteiger charge is 2.31. The predicted octanol–water partition coefficient (Wildman–Crippen LogP) is 27.1. The van der Waals surface area contributed by atoms with Gasteiger partial charge in [-0.1, -0.05) is 415 Å². The maximum Gasteiger partial charge on any atom is 0.472 e. The van der Waals surface area contributed by atoms with Gasteiger partial charge in [0.15, 0.2) is 12.2 Å². The van der Waals surface area contributed by atoms with Crippen LogP contribution in [0.15, 0.2) is 0 Å². The molecule has 3 unspecified atom stereocenters. The normalized spacial score (nSPS) is 14.1. The maximum absolute atomic E-state index is 13.2. The second-order valence-electron chi connectivity index (χ2n) is 33.7. The van der Waals surface area contributed by atoms with Gasteiger partial charge in [0.2, 0.25) is 0 Å². The number of rotatable bonds is 86. The molecule has 642 valence electrons. The fourth-order valence-electron chi connectivity index (χ4n) is 13.8. The summed E-state index contributed by atoms with van der Waals surface area (Å²) in [6.45, 7) is 14.4. The van der Waals surface area contributed by atoms with Crippen molar-refractivity contribution in [3.8, 4) is 0 Å². The molecule has 0 rings (SSSR count). The number of aliphatic hydroxyl groups is 1. The lowest BCUT2D eigenvalue weighted by molar-refractivity contribution is -0.161. The lowest BCUT2D eigenvalue weighted by Gasteiger charge is -2.21. The van der Waals surface area contributed by atoms with E-state index in [0.717, 1.165) is 114 Å². The molecule has 0 fully saturated rings. The van der Waals surface area contributed by atoms with Gasteiger partial charge >= 0.3 is 39.5 Å². The highest BCUT2D eigenvalue weighted by molar-refractivity contribution is 7.47. The van der Waals surface area contributed by atoms with Gasteiger partial charge in [-0.2, -0.15) is 0 Å². The molecule has 6 atom stereocenters. The Hall–Kier alpha value is -1.94. The molecule has 108 heavy (non-hydrogen) atoms. The molecule has 0 aromatic heterocycles. The molecule has 0 radical (unpaired) electrons. The lowest BCUT2D eigenvalue weighted by Crippen LogP contribution is -2.30. The molecule has 0 aliphatic rings. The molecular weight excluding hydrogens is 1400 g/mol. The van der Waals surface area contributed by atoms with Gasteiger partial charge in [0.1, 0.15) is 19.3 Å². The quantitative estimate of drug-likeness (QED) is 0.0222. The van der Waals surface area contributed by atoms with Crippen molar-refractivity contribution in [2.24, 2.45) is 23.7 Å². The van der Waals surface area contributed by atoms with Crippen molar-refractivity contribution in [3.05, 3.63) is 0 Å². The molecule has 19 heteroatoms. The fourth-order valence-corrected chi connectivity index (χ4v) is 15.4. The lowest BCUT2D eigenvalue weighted by atomic mass is 9.99. The zero-order chi connectivity index (χ0) is 79.5. The van der Waals surface area contributed by atoms with Crippen molar-refractivity contribution < 1.29 is 80.2 Å². The standard InChI is InChI=1S/C89H174O17P2/c1-9-82(8)68-60-52-44-36-28-21-17-12-10-11-13-19-23-30-38-47-55-63-71-88(93)105-84(75-99-86(91)69-61-53-45-37-29-22-18-15-14-16-20-26-33-41-49-57-65-79(2)3)77-103-107(95,96)101-73-83(90)74-102-108(97,98)104-78-85(76-100-87(92)70-62-54-46-40-32-35-43-51-59-67-81(6)7)106-89(94)72-64-56-48-39-31-25-24-27-34-42-50-58-66-80(4)5/h79-85,90H,9-78H2,1-8H3,(H,95,96)(H,97,98)/t82?,83-,84-,85-/m1/s1. The van der Waals surface area contributed by atoms with Crippen molar-refractivity contribution in [1.82, 2.24) is 0 Å². The first-order valence-corrected chi connectivity index (χ1v) is 48.7. The molecule has 3 N–H and O–H groups in total. The van der Waals surface area contributed by atoms with Gasteiger partial charge in [-0.05, 0) is 49.4 Å². The first kappa shape index (κ1) is 106. The minimum Gasteiger partial charge on any atom is -0.462 e. The number of carbonyl (C=O) groups excluding carboxylic acids is 4. The largest absolute Gasteiger partial charge is 0.472 e. The average molecular weight is 1580 g/mol. The monoisotopic (exact) mass is 1580 g/mol. The molecule has 0 bridgehead atoms. The van der Waals surface area contributed by atoms with E-state index in [1.54, 1.807) is 0 Å². The maximum atomic E-state index is 13.2. The Morgan fingerprint density at radius 1 is 0.259 bits per heavy atom. The van der Waals surface area contributed by atoms with Gasteiger partial charge in [-0.15, -0.1) is 0 Å². The van der Waals surface area contributed by atoms with Crippen molar-refractivity contribution in [2.75, 3.05) is 39.6 Å². The second-order valence-corrected chi connectivity index (χ2v) is 36.6. The number of esters is 4. The van der Waals surface area contributed by atoms with Crippen LogP contribution in [-0.2, 0) is 65.4 Å². The Labute approximate surface area is 664 Å². The summed E-state index contributed by atoms with van der Waals surface area (Å²) in [7, 11) is -9.93. The van der Waals surface area contributed by atoms with Crippen molar-refractivity contribution in [3.63, 3.8) is 0 Å². The second kappa shape index (κ2) is 77.6. The zero-order valence-corrected chi connectivity index (χ0v) is 73.3. The van der Waals surface area contributed by atoms with E-state index >= 15 is 0 Å². The Kier molecular flexibility index (Phi) is 76.2. The Bertz CT molecular complexity index is 2100. The Morgan fingerprint density at radius 3 is 0.657 bits per heavy atom. The summed E-state index contributed by atoms with van der Waals surface area (Å²) in [5.74, 6) is 1.10. The molecule has 0 amide bonds. The molecule has 0 aromatic carbocycles. The Morgan fingerprint density at radius 2 is 0.444 bits per heavy atom. The van der Waals surface area contributed by atoms with Crippen molar-refractivity contribution in [1.29, 1.82) is 0 Å². The van der Waals surface area contributed by atoms with Crippen LogP contribution < -0.4 is 0 Å². The number of ether oxygens (including phenoxy) is 4. The molecule has 0 heterocycles. The van der Waals surface area contributed by atoms with Gasteiger partial charge < -0.3 is 33.8 Å². The van der Waals surface area contributed by atoms with E-state index in [1.165, 1.54) is 270 Å². The SMILES string of the molecule is CCC(C)CCCCCCCCCCCCCCCCCCCCC(=O)O[C@H](COC(=O)CCCCCCCCCCCCCCCCCCC(C)C)COP(=O)(O)OC[C@@H](O)COP(=O)(O)OC[C@@H](COC(=O)CCCCCCCCCCCC(C)C)OC(=O)CCCCCCCCCCCCCCC(C)C. The van der Waals surface area contributed by atoms with Crippen LogP contribution in [0, 0.1) is 23.7 Å². The van der Waals surface area contributed by atoms with E-state index in [9.17, 15) is 43.2 Å². The minimum atomic E-state index is -4.97. The molecule has 0 spiro atoms. The molecule has 0 aliphatic carbocycles. The number of carbonyl (C=O) groups is 4. The first-order chi connectivity index (χ1) is 52.1. The summed E-state index contributed by atoms with van der Waals surface area (Å²) >= 11 is 0. The van der Waals surface area contributed by atoms with E-state index in [1.807, 2.05) is 0 Å². The number of phosphoric acid groups is 2. The molecule has 17 nitrogen and oxygen atoms in total. The van der Waals surface area contributed by atoms with E-state index in [2.05, 4.69) is 55.4 Å². The average Bonchev–Trinajstić information content (AvgIpc) is 0.900. The predicted molar refractivity (Wildman–Crippen MR) is 446 cm³/mol. The van der Waals surface area contributed by atoms with Crippen LogP contribution in [0.25, 0.3) is 0 Å². The summed E-state index contributed by atoms with van der Waals surface area (Å²) in [5, 5.41) is 10.7. The summed E-state index contributed by atoms with van der Waals surface area (Å²) in [6, 6.07) is 0. The van der Waals surface area contributed by atoms with E-state index in [-0.39, 0.29) is 25.7 Å². The molecule has 0 aliphatic heterocycles. The van der Waals surface area contributed by atoms with Crippen molar-refractivity contribution >= 4 is 39.5 Å². The topological polar surface area (TPSA) is 237 Å². The Balaban J connectivity index is 5.25. The van der Waals surface area contributed by atoms with E-state index in [4.69, 9.17) is 37.0 Å². The summed E-state index contributed by atoms with van der Waals surface area (Å²) in [6.07, 6.45) is 68.0. The number of phosphoric ester groups is 2. The van der Waals surface area contributed by atoms with Crippen LogP contribution in [0.2, 0.25) is 0 Å². The van der Waals surface area contributed by atoms with Gasteiger partial charge in [-0.3, -0.25) is 37.3 Å². The summed E-state index contributed by atoms with van der Waals surface area (Å²) in [5.41, 5.74) is 0. The molecule has 0 saturated heterocycles. The third-order valence-electron chi connectivity index (χ3n) is 21.2. The van der Waals surface area contributed by atoms with Gasteiger partial charge in [0, 0.05) is 25.7 Å². The smallest absolute Gasteiger partial charge is 0.462 e.